The van der Waals surface area contributed by atoms with Crippen LogP contribution in [0.25, 0.3) is 0 Å². The minimum absolute atomic E-state index is 0.557. The molecule has 96 valence electrons. The van der Waals surface area contributed by atoms with Crippen LogP contribution in [0.5, 0.6) is 0 Å². The molecule has 2 heterocycles. The molecule has 0 amide bonds. The Morgan fingerprint density at radius 2 is 1.82 bits per heavy atom. The molecule has 1 unspecified atom stereocenters. The summed E-state index contributed by atoms with van der Waals surface area (Å²) in [6, 6.07) is 1.22. The van der Waals surface area contributed by atoms with E-state index in [4.69, 9.17) is 10.5 Å². The maximum absolute atomic E-state index is 6.10. The minimum atomic E-state index is 0.557. The second-order valence-corrected chi connectivity index (χ2v) is 5.56. The van der Waals surface area contributed by atoms with Gasteiger partial charge in [-0.2, -0.15) is 0 Å². The van der Waals surface area contributed by atoms with Crippen LogP contribution in [0.2, 0.25) is 0 Å². The summed E-state index contributed by atoms with van der Waals surface area (Å²) in [6.45, 7) is 2.74. The Labute approximate surface area is 103 Å². The lowest BCUT2D eigenvalue weighted by Crippen LogP contribution is -2.50. The van der Waals surface area contributed by atoms with Gasteiger partial charge < -0.3 is 15.4 Å². The zero-order chi connectivity index (χ0) is 11.7. The van der Waals surface area contributed by atoms with Crippen LogP contribution in [0.15, 0.2) is 4.99 Å². The normalized spacial score (nSPS) is 32.1. The van der Waals surface area contributed by atoms with E-state index in [0.29, 0.717) is 12.1 Å². The molecule has 4 nitrogen and oxygen atoms in total. The average molecular weight is 237 g/mol. The largest absolute Gasteiger partial charge is 0.381 e. The fourth-order valence-corrected chi connectivity index (χ4v) is 3.64. The summed E-state index contributed by atoms with van der Waals surface area (Å²) in [5.41, 5.74) is 6.10. The first-order valence-electron chi connectivity index (χ1n) is 7.02. The third-order valence-electron chi connectivity index (χ3n) is 4.59. The molecular formula is C13H23N3O. The second-order valence-electron chi connectivity index (χ2n) is 5.56. The maximum atomic E-state index is 6.10. The molecule has 3 rings (SSSR count). The van der Waals surface area contributed by atoms with Gasteiger partial charge in [-0.05, 0) is 31.6 Å². The monoisotopic (exact) mass is 237 g/mol. The van der Waals surface area contributed by atoms with E-state index in [2.05, 4.69) is 9.89 Å². The SMILES string of the molecule is NC1=NCC(C2CCOCC2)N1C1CCCC1. The second kappa shape index (κ2) is 4.84. The molecule has 1 saturated heterocycles. The van der Waals surface area contributed by atoms with Crippen LogP contribution in [0.3, 0.4) is 0 Å². The number of nitrogens with two attached hydrogens (primary N) is 1. The Bertz CT molecular complexity index is 293. The molecule has 1 saturated carbocycles. The highest BCUT2D eigenvalue weighted by molar-refractivity contribution is 5.80. The molecule has 1 atom stereocenters. The van der Waals surface area contributed by atoms with Crippen molar-refractivity contribution >= 4 is 5.96 Å². The number of ether oxygens (including phenoxy) is 1. The van der Waals surface area contributed by atoms with Crippen LogP contribution in [0, 0.1) is 5.92 Å². The number of guanidine groups is 1. The molecule has 0 aromatic carbocycles. The molecule has 0 spiro atoms. The lowest BCUT2D eigenvalue weighted by molar-refractivity contribution is 0.0389. The zero-order valence-corrected chi connectivity index (χ0v) is 10.5. The summed E-state index contributed by atoms with van der Waals surface area (Å²) in [5.74, 6) is 1.53. The van der Waals surface area contributed by atoms with E-state index in [1.807, 2.05) is 0 Å². The fraction of sp³-hybridized carbons (Fsp3) is 0.923. The van der Waals surface area contributed by atoms with E-state index in [9.17, 15) is 0 Å². The van der Waals surface area contributed by atoms with Crippen LogP contribution < -0.4 is 5.73 Å². The average Bonchev–Trinajstić information content (AvgIpc) is 2.99. The van der Waals surface area contributed by atoms with E-state index < -0.39 is 0 Å². The zero-order valence-electron chi connectivity index (χ0n) is 10.5. The van der Waals surface area contributed by atoms with Crippen molar-refractivity contribution in [3.63, 3.8) is 0 Å². The maximum Gasteiger partial charge on any atom is 0.191 e. The summed E-state index contributed by atoms with van der Waals surface area (Å²) in [5, 5.41) is 0. The van der Waals surface area contributed by atoms with Gasteiger partial charge in [-0.15, -0.1) is 0 Å². The molecule has 0 radical (unpaired) electrons. The number of aliphatic imine (C=N–C) groups is 1. The third kappa shape index (κ3) is 2.15. The van der Waals surface area contributed by atoms with Crippen molar-refractivity contribution in [2.45, 2.75) is 50.6 Å². The van der Waals surface area contributed by atoms with E-state index in [1.54, 1.807) is 0 Å². The van der Waals surface area contributed by atoms with Gasteiger partial charge in [0.15, 0.2) is 5.96 Å². The number of rotatable bonds is 2. The van der Waals surface area contributed by atoms with Crippen molar-refractivity contribution in [3.8, 4) is 0 Å². The van der Waals surface area contributed by atoms with E-state index in [-0.39, 0.29) is 0 Å². The fourth-order valence-electron chi connectivity index (χ4n) is 3.64. The molecule has 2 aliphatic heterocycles. The highest BCUT2D eigenvalue weighted by Gasteiger charge is 2.38. The third-order valence-corrected chi connectivity index (χ3v) is 4.59. The summed E-state index contributed by atoms with van der Waals surface area (Å²) in [4.78, 5) is 6.95. The topological polar surface area (TPSA) is 50.9 Å². The molecule has 0 aromatic rings. The molecule has 17 heavy (non-hydrogen) atoms. The molecule has 4 heteroatoms. The Morgan fingerprint density at radius 1 is 1.12 bits per heavy atom. The van der Waals surface area contributed by atoms with Crippen molar-refractivity contribution in [2.75, 3.05) is 19.8 Å². The van der Waals surface area contributed by atoms with Crippen molar-refractivity contribution in [1.29, 1.82) is 0 Å². The minimum Gasteiger partial charge on any atom is -0.381 e. The van der Waals surface area contributed by atoms with Crippen molar-refractivity contribution in [3.05, 3.63) is 0 Å². The Morgan fingerprint density at radius 3 is 2.53 bits per heavy atom. The predicted molar refractivity (Wildman–Crippen MR) is 67.9 cm³/mol. The molecule has 0 bridgehead atoms. The lowest BCUT2D eigenvalue weighted by atomic mass is 9.90. The van der Waals surface area contributed by atoms with Crippen LogP contribution in [-0.4, -0.2) is 42.7 Å². The van der Waals surface area contributed by atoms with Crippen molar-refractivity contribution < 1.29 is 4.74 Å². The van der Waals surface area contributed by atoms with Crippen LogP contribution in [-0.2, 0) is 4.74 Å². The Balaban J connectivity index is 1.70. The van der Waals surface area contributed by atoms with Gasteiger partial charge in [0.05, 0.1) is 12.6 Å². The standard InChI is InChI=1S/C13H23N3O/c14-13-15-9-12(10-5-7-17-8-6-10)16(13)11-3-1-2-4-11/h10-12H,1-9H2,(H2,14,15). The van der Waals surface area contributed by atoms with Crippen LogP contribution >= 0.6 is 0 Å². The smallest absolute Gasteiger partial charge is 0.191 e. The van der Waals surface area contributed by atoms with Gasteiger partial charge in [-0.1, -0.05) is 12.8 Å². The van der Waals surface area contributed by atoms with Gasteiger partial charge in [0, 0.05) is 19.3 Å². The van der Waals surface area contributed by atoms with Crippen LogP contribution in [0.4, 0.5) is 0 Å². The van der Waals surface area contributed by atoms with Gasteiger partial charge in [-0.25, -0.2) is 0 Å². The molecule has 1 aliphatic carbocycles. The summed E-state index contributed by atoms with van der Waals surface area (Å²) in [6.07, 6.45) is 7.67. The highest BCUT2D eigenvalue weighted by Crippen LogP contribution is 2.32. The van der Waals surface area contributed by atoms with E-state index in [0.717, 1.165) is 31.6 Å². The number of nitrogens with zero attached hydrogens (tertiary/aromatic N) is 2. The number of hydrogen-bond acceptors (Lipinski definition) is 4. The molecule has 2 N–H and O–H groups in total. The quantitative estimate of drug-likeness (QED) is 0.789. The first kappa shape index (κ1) is 11.3. The Hall–Kier alpha value is -0.770. The predicted octanol–water partition coefficient (Wildman–Crippen LogP) is 1.35. The highest BCUT2D eigenvalue weighted by atomic mass is 16.5. The number of hydrogen-bond donors (Lipinski definition) is 1. The molecule has 0 aromatic heterocycles. The first-order chi connectivity index (χ1) is 8.36. The molecule has 2 fully saturated rings. The van der Waals surface area contributed by atoms with E-state index >= 15 is 0 Å². The summed E-state index contributed by atoms with van der Waals surface area (Å²) in [7, 11) is 0. The van der Waals surface area contributed by atoms with Gasteiger partial charge in [0.2, 0.25) is 0 Å². The van der Waals surface area contributed by atoms with Crippen molar-refractivity contribution in [2.24, 2.45) is 16.6 Å². The summed E-state index contributed by atoms with van der Waals surface area (Å²) < 4.78 is 5.46. The van der Waals surface area contributed by atoms with Gasteiger partial charge in [0.25, 0.3) is 0 Å². The van der Waals surface area contributed by atoms with Crippen LogP contribution in [0.1, 0.15) is 38.5 Å². The first-order valence-corrected chi connectivity index (χ1v) is 7.02. The molecular weight excluding hydrogens is 214 g/mol. The Kier molecular flexibility index (Phi) is 3.23. The molecule has 3 aliphatic rings. The van der Waals surface area contributed by atoms with Gasteiger partial charge >= 0.3 is 0 Å². The summed E-state index contributed by atoms with van der Waals surface area (Å²) >= 11 is 0. The van der Waals surface area contributed by atoms with E-state index in [1.165, 1.54) is 38.5 Å². The van der Waals surface area contributed by atoms with Crippen molar-refractivity contribution in [1.82, 2.24) is 4.90 Å². The lowest BCUT2D eigenvalue weighted by Gasteiger charge is -2.38. The van der Waals surface area contributed by atoms with Gasteiger partial charge in [0.1, 0.15) is 0 Å². The van der Waals surface area contributed by atoms with Gasteiger partial charge in [-0.3, -0.25) is 4.99 Å².